The number of benzene rings is 2. The van der Waals surface area contributed by atoms with Crippen molar-refractivity contribution in [2.24, 2.45) is 5.92 Å². The Morgan fingerprint density at radius 3 is 2.62 bits per heavy atom. The van der Waals surface area contributed by atoms with Gasteiger partial charge in [-0.25, -0.2) is 0 Å². The van der Waals surface area contributed by atoms with Crippen molar-refractivity contribution in [3.63, 3.8) is 0 Å². The average molecular weight is 464 g/mol. The van der Waals surface area contributed by atoms with Crippen LogP contribution < -0.4 is 5.32 Å². The summed E-state index contributed by atoms with van der Waals surface area (Å²) in [7, 11) is 0. The normalized spacial score (nSPS) is 22.6. The van der Waals surface area contributed by atoms with E-state index in [1.54, 1.807) is 0 Å². The second kappa shape index (κ2) is 10.6. The summed E-state index contributed by atoms with van der Waals surface area (Å²) in [5.41, 5.74) is 0.805. The van der Waals surface area contributed by atoms with E-state index < -0.39 is 5.54 Å². The molecule has 2 saturated heterocycles. The molecular weight excluding hydrogens is 426 g/mol. The lowest BCUT2D eigenvalue weighted by atomic mass is 9.83. The third-order valence-electron chi connectivity index (χ3n) is 7.66. The number of carbonyl (C=O) groups is 3. The first kappa shape index (κ1) is 24.2. The van der Waals surface area contributed by atoms with Gasteiger partial charge in [0.05, 0.1) is 5.92 Å². The minimum atomic E-state index is -0.400. The van der Waals surface area contributed by atoms with E-state index in [9.17, 15) is 14.4 Å². The zero-order valence-corrected chi connectivity index (χ0v) is 20.5. The van der Waals surface area contributed by atoms with Crippen LogP contribution >= 0.6 is 0 Å². The van der Waals surface area contributed by atoms with E-state index in [2.05, 4.69) is 35.6 Å². The fourth-order valence-electron chi connectivity index (χ4n) is 5.70. The standard InChI is InChI=1S/C28H37N3O3/c1-3-30(4-2)27(34)23-12-8-18-31(20-23)26(33)15-17-28(16-14-25(32)29-28)19-22-11-7-10-21-9-5-6-13-24(21)22/h5-7,9-11,13,23H,3-4,8,12,14-20H2,1-2H3,(H,29,32)/t23-,28+/m0/s1. The number of hydrogen-bond acceptors (Lipinski definition) is 3. The van der Waals surface area contributed by atoms with Crippen molar-refractivity contribution in [1.82, 2.24) is 15.1 Å². The summed E-state index contributed by atoms with van der Waals surface area (Å²) in [5, 5.41) is 5.61. The first-order chi connectivity index (χ1) is 16.4. The van der Waals surface area contributed by atoms with Crippen LogP contribution in [0.5, 0.6) is 0 Å². The molecule has 182 valence electrons. The predicted octanol–water partition coefficient (Wildman–Crippen LogP) is 3.92. The number of likely N-dealkylation sites (tertiary alicyclic amines) is 1. The maximum atomic E-state index is 13.2. The van der Waals surface area contributed by atoms with E-state index in [4.69, 9.17) is 0 Å². The number of fused-ring (bicyclic) bond motifs is 1. The van der Waals surface area contributed by atoms with Crippen molar-refractivity contribution in [1.29, 1.82) is 0 Å². The molecule has 2 aromatic rings. The minimum absolute atomic E-state index is 0.0653. The third kappa shape index (κ3) is 5.26. The molecule has 3 amide bonds. The van der Waals surface area contributed by atoms with Crippen molar-refractivity contribution < 1.29 is 14.4 Å². The van der Waals surface area contributed by atoms with E-state index >= 15 is 0 Å². The molecule has 1 N–H and O–H groups in total. The van der Waals surface area contributed by atoms with E-state index in [0.29, 0.717) is 45.4 Å². The summed E-state index contributed by atoms with van der Waals surface area (Å²) in [5.74, 6) is 0.220. The van der Waals surface area contributed by atoms with Crippen LogP contribution in [0.15, 0.2) is 42.5 Å². The van der Waals surface area contributed by atoms with Crippen LogP contribution in [0, 0.1) is 5.92 Å². The molecule has 0 radical (unpaired) electrons. The largest absolute Gasteiger partial charge is 0.350 e. The number of carbonyl (C=O) groups excluding carboxylic acids is 3. The highest BCUT2D eigenvalue weighted by atomic mass is 16.2. The van der Waals surface area contributed by atoms with E-state index in [1.807, 2.05) is 35.8 Å². The highest BCUT2D eigenvalue weighted by Gasteiger charge is 2.39. The SMILES string of the molecule is CCN(CC)C(=O)[C@H]1CCCN(C(=O)CC[C@@]2(Cc3cccc4ccccc34)CCC(=O)N2)C1. The van der Waals surface area contributed by atoms with Crippen LogP contribution in [0.3, 0.4) is 0 Å². The number of amides is 3. The number of nitrogens with one attached hydrogen (secondary N) is 1. The Kier molecular flexibility index (Phi) is 7.54. The van der Waals surface area contributed by atoms with Gasteiger partial charge in [-0.1, -0.05) is 42.5 Å². The van der Waals surface area contributed by atoms with Crippen LogP contribution in [0.4, 0.5) is 0 Å². The van der Waals surface area contributed by atoms with Gasteiger partial charge >= 0.3 is 0 Å². The van der Waals surface area contributed by atoms with Gasteiger partial charge in [-0.3, -0.25) is 14.4 Å². The Morgan fingerprint density at radius 1 is 1.12 bits per heavy atom. The van der Waals surface area contributed by atoms with Gasteiger partial charge in [0, 0.05) is 44.6 Å². The number of piperidine rings is 1. The van der Waals surface area contributed by atoms with E-state index in [-0.39, 0.29) is 23.6 Å². The summed E-state index contributed by atoms with van der Waals surface area (Å²) in [6, 6.07) is 14.6. The van der Waals surface area contributed by atoms with Gasteiger partial charge in [0.15, 0.2) is 0 Å². The molecule has 6 heteroatoms. The van der Waals surface area contributed by atoms with E-state index in [0.717, 1.165) is 25.7 Å². The quantitative estimate of drug-likeness (QED) is 0.645. The molecule has 2 aliphatic rings. The average Bonchev–Trinajstić information content (AvgIpc) is 3.24. The first-order valence-corrected chi connectivity index (χ1v) is 12.8. The predicted molar refractivity (Wildman–Crippen MR) is 134 cm³/mol. The summed E-state index contributed by atoms with van der Waals surface area (Å²) >= 11 is 0. The van der Waals surface area contributed by atoms with Gasteiger partial charge in [0.25, 0.3) is 0 Å². The molecular formula is C28H37N3O3. The maximum Gasteiger partial charge on any atom is 0.227 e. The number of rotatable bonds is 8. The molecule has 0 spiro atoms. The molecule has 2 aromatic carbocycles. The Hall–Kier alpha value is -2.89. The van der Waals surface area contributed by atoms with Gasteiger partial charge in [0.2, 0.25) is 17.7 Å². The zero-order valence-electron chi connectivity index (χ0n) is 20.5. The fraction of sp³-hybridized carbons (Fsp3) is 0.536. The molecule has 6 nitrogen and oxygen atoms in total. The second-order valence-electron chi connectivity index (χ2n) is 9.83. The molecule has 34 heavy (non-hydrogen) atoms. The van der Waals surface area contributed by atoms with Crippen LogP contribution in [0.2, 0.25) is 0 Å². The van der Waals surface area contributed by atoms with Gasteiger partial charge in [0.1, 0.15) is 0 Å². The van der Waals surface area contributed by atoms with Crippen molar-refractivity contribution in [3.8, 4) is 0 Å². The molecule has 0 aromatic heterocycles. The number of nitrogens with zero attached hydrogens (tertiary/aromatic N) is 2. The highest BCUT2D eigenvalue weighted by Crippen LogP contribution is 2.32. The maximum absolute atomic E-state index is 13.2. The molecule has 0 bridgehead atoms. The summed E-state index contributed by atoms with van der Waals surface area (Å²) in [4.78, 5) is 42.0. The molecule has 0 unspecified atom stereocenters. The highest BCUT2D eigenvalue weighted by molar-refractivity contribution is 5.86. The minimum Gasteiger partial charge on any atom is -0.350 e. The lowest BCUT2D eigenvalue weighted by Gasteiger charge is -2.36. The van der Waals surface area contributed by atoms with Crippen LogP contribution in [-0.2, 0) is 20.8 Å². The van der Waals surface area contributed by atoms with Crippen LogP contribution in [0.1, 0.15) is 57.9 Å². The number of hydrogen-bond donors (Lipinski definition) is 1. The van der Waals surface area contributed by atoms with Gasteiger partial charge < -0.3 is 15.1 Å². The van der Waals surface area contributed by atoms with E-state index in [1.165, 1.54) is 16.3 Å². The van der Waals surface area contributed by atoms with Gasteiger partial charge in [-0.05, 0) is 62.3 Å². The first-order valence-electron chi connectivity index (χ1n) is 12.8. The Bertz CT molecular complexity index is 1040. The van der Waals surface area contributed by atoms with Crippen molar-refractivity contribution in [2.75, 3.05) is 26.2 Å². The zero-order chi connectivity index (χ0) is 24.1. The topological polar surface area (TPSA) is 69.7 Å². The Balaban J connectivity index is 1.44. The fourth-order valence-corrected chi connectivity index (χ4v) is 5.70. The molecule has 2 atom stereocenters. The molecule has 2 fully saturated rings. The Morgan fingerprint density at radius 2 is 1.88 bits per heavy atom. The molecule has 2 aliphatic heterocycles. The monoisotopic (exact) mass is 463 g/mol. The smallest absolute Gasteiger partial charge is 0.227 e. The summed E-state index contributed by atoms with van der Waals surface area (Å²) in [6.45, 7) is 6.63. The second-order valence-corrected chi connectivity index (χ2v) is 9.83. The molecule has 0 saturated carbocycles. The van der Waals surface area contributed by atoms with Gasteiger partial charge in [-0.2, -0.15) is 0 Å². The van der Waals surface area contributed by atoms with Gasteiger partial charge in [-0.15, -0.1) is 0 Å². The summed E-state index contributed by atoms with van der Waals surface area (Å²) < 4.78 is 0. The van der Waals surface area contributed by atoms with Crippen LogP contribution in [-0.4, -0.2) is 59.2 Å². The lowest BCUT2D eigenvalue weighted by molar-refractivity contribution is -0.141. The van der Waals surface area contributed by atoms with Crippen LogP contribution in [0.25, 0.3) is 10.8 Å². The molecule has 0 aliphatic carbocycles. The third-order valence-corrected chi connectivity index (χ3v) is 7.66. The van der Waals surface area contributed by atoms with Crippen molar-refractivity contribution in [2.45, 2.75) is 64.3 Å². The molecule has 4 rings (SSSR count). The van der Waals surface area contributed by atoms with Crippen molar-refractivity contribution >= 4 is 28.5 Å². The van der Waals surface area contributed by atoms with Crippen molar-refractivity contribution in [3.05, 3.63) is 48.0 Å². The summed E-state index contributed by atoms with van der Waals surface area (Å²) in [6.07, 6.45) is 4.68. The Labute approximate surface area is 202 Å². The molecule has 2 heterocycles. The lowest BCUT2D eigenvalue weighted by Crippen LogP contribution is -2.48.